The minimum atomic E-state index is -0.508. The predicted octanol–water partition coefficient (Wildman–Crippen LogP) is 3.45. The van der Waals surface area contributed by atoms with Crippen LogP contribution in [-0.2, 0) is 0 Å². The molecule has 0 unspecified atom stereocenters. The van der Waals surface area contributed by atoms with E-state index in [4.69, 9.17) is 16.3 Å². The third-order valence-corrected chi connectivity index (χ3v) is 2.02. The van der Waals surface area contributed by atoms with E-state index in [2.05, 4.69) is 15.9 Å². The molecule has 4 heteroatoms. The summed E-state index contributed by atoms with van der Waals surface area (Å²) in [6, 6.07) is 5.19. The van der Waals surface area contributed by atoms with E-state index in [-0.39, 0.29) is 6.61 Å². The molecule has 0 heterocycles. The zero-order valence-electron chi connectivity index (χ0n) is 6.19. The van der Waals surface area contributed by atoms with Crippen molar-refractivity contribution in [1.82, 2.24) is 0 Å². The molecule has 0 spiro atoms. The van der Waals surface area contributed by atoms with Gasteiger partial charge in [0, 0.05) is 4.47 Å². The fraction of sp³-hybridized carbons (Fsp3) is 0.250. The van der Waals surface area contributed by atoms with Crippen molar-refractivity contribution in [2.75, 3.05) is 13.3 Å². The monoisotopic (exact) mass is 252 g/mol. The van der Waals surface area contributed by atoms with Crippen LogP contribution in [0.2, 0.25) is 5.02 Å². The average molecular weight is 253 g/mol. The summed E-state index contributed by atoms with van der Waals surface area (Å²) in [6.07, 6.45) is 0. The Balaban J connectivity index is 2.72. The SMILES string of the molecule is FCCOc1ccc(Br)cc1Cl. The number of rotatable bonds is 3. The zero-order valence-corrected chi connectivity index (χ0v) is 8.53. The second kappa shape index (κ2) is 4.67. The second-order valence-corrected chi connectivity index (χ2v) is 3.44. The molecule has 0 aromatic heterocycles. The molecule has 1 aromatic rings. The maximum Gasteiger partial charge on any atom is 0.138 e. The first kappa shape index (κ1) is 9.81. The lowest BCUT2D eigenvalue weighted by molar-refractivity contribution is 0.273. The van der Waals surface area contributed by atoms with Gasteiger partial charge in [0.1, 0.15) is 19.0 Å². The molecule has 0 saturated heterocycles. The van der Waals surface area contributed by atoms with Crippen LogP contribution in [0.25, 0.3) is 0 Å². The molecule has 0 aliphatic carbocycles. The van der Waals surface area contributed by atoms with Gasteiger partial charge in [-0.25, -0.2) is 4.39 Å². The van der Waals surface area contributed by atoms with Crippen molar-refractivity contribution >= 4 is 27.5 Å². The Labute approximate surface area is 83.6 Å². The van der Waals surface area contributed by atoms with E-state index in [0.717, 1.165) is 4.47 Å². The molecule has 0 N–H and O–H groups in total. The maximum absolute atomic E-state index is 11.7. The van der Waals surface area contributed by atoms with Crippen LogP contribution < -0.4 is 4.74 Å². The third kappa shape index (κ3) is 2.64. The Kier molecular flexibility index (Phi) is 3.82. The van der Waals surface area contributed by atoms with Gasteiger partial charge in [0.25, 0.3) is 0 Å². The van der Waals surface area contributed by atoms with Gasteiger partial charge in [-0.2, -0.15) is 0 Å². The summed E-state index contributed by atoms with van der Waals surface area (Å²) in [6.45, 7) is -0.465. The number of alkyl halides is 1. The molecular weight excluding hydrogens is 246 g/mol. The minimum Gasteiger partial charge on any atom is -0.489 e. The number of hydrogen-bond acceptors (Lipinski definition) is 1. The Bertz CT molecular complexity index is 267. The zero-order chi connectivity index (χ0) is 8.97. The quantitative estimate of drug-likeness (QED) is 0.802. The van der Waals surface area contributed by atoms with Gasteiger partial charge in [0.05, 0.1) is 5.02 Å². The molecule has 0 bridgehead atoms. The molecule has 0 saturated carbocycles. The minimum absolute atomic E-state index is 0.0430. The molecule has 12 heavy (non-hydrogen) atoms. The number of hydrogen-bond donors (Lipinski definition) is 0. The second-order valence-electron chi connectivity index (χ2n) is 2.11. The fourth-order valence-electron chi connectivity index (χ4n) is 0.741. The Morgan fingerprint density at radius 1 is 1.50 bits per heavy atom. The van der Waals surface area contributed by atoms with Gasteiger partial charge >= 0.3 is 0 Å². The normalized spacial score (nSPS) is 9.92. The molecule has 0 aliphatic rings. The average Bonchev–Trinajstić information content (AvgIpc) is 2.03. The van der Waals surface area contributed by atoms with Crippen molar-refractivity contribution in [2.24, 2.45) is 0 Å². The molecule has 1 rings (SSSR count). The Hall–Kier alpha value is -0.280. The van der Waals surface area contributed by atoms with Gasteiger partial charge in [-0.05, 0) is 18.2 Å². The highest BCUT2D eigenvalue weighted by Gasteiger charge is 2.00. The molecule has 0 fully saturated rings. The van der Waals surface area contributed by atoms with Crippen LogP contribution in [0.1, 0.15) is 0 Å². The molecule has 0 atom stereocenters. The van der Waals surface area contributed by atoms with E-state index >= 15 is 0 Å². The topological polar surface area (TPSA) is 9.23 Å². The van der Waals surface area contributed by atoms with Crippen LogP contribution in [-0.4, -0.2) is 13.3 Å². The van der Waals surface area contributed by atoms with Crippen LogP contribution >= 0.6 is 27.5 Å². The summed E-state index contributed by atoms with van der Waals surface area (Å²) >= 11 is 9.04. The smallest absolute Gasteiger partial charge is 0.138 e. The lowest BCUT2D eigenvalue weighted by atomic mass is 10.3. The van der Waals surface area contributed by atoms with E-state index in [9.17, 15) is 4.39 Å². The summed E-state index contributed by atoms with van der Waals surface area (Å²) in [5.41, 5.74) is 0. The van der Waals surface area contributed by atoms with E-state index in [0.29, 0.717) is 10.8 Å². The molecule has 1 aromatic carbocycles. The van der Waals surface area contributed by atoms with Crippen molar-refractivity contribution in [2.45, 2.75) is 0 Å². The summed E-state index contributed by atoms with van der Waals surface area (Å²) in [5.74, 6) is 0.512. The van der Waals surface area contributed by atoms with Crippen LogP contribution in [0.15, 0.2) is 22.7 Å². The third-order valence-electron chi connectivity index (χ3n) is 1.23. The first-order valence-electron chi connectivity index (χ1n) is 3.38. The van der Waals surface area contributed by atoms with Crippen molar-refractivity contribution in [3.8, 4) is 5.75 Å². The molecule has 1 nitrogen and oxygen atoms in total. The molecular formula is C8H7BrClFO. The van der Waals surface area contributed by atoms with Gasteiger partial charge in [-0.15, -0.1) is 0 Å². The molecule has 0 amide bonds. The van der Waals surface area contributed by atoms with Gasteiger partial charge in [-0.1, -0.05) is 27.5 Å². The summed E-state index contributed by atoms with van der Waals surface area (Å²) < 4.78 is 17.6. The number of ether oxygens (including phenoxy) is 1. The van der Waals surface area contributed by atoms with Gasteiger partial charge in [0.2, 0.25) is 0 Å². The van der Waals surface area contributed by atoms with Crippen molar-refractivity contribution < 1.29 is 9.13 Å². The highest BCUT2D eigenvalue weighted by molar-refractivity contribution is 9.10. The van der Waals surface area contributed by atoms with E-state index in [1.807, 2.05) is 0 Å². The van der Waals surface area contributed by atoms with Crippen LogP contribution in [0.3, 0.4) is 0 Å². The summed E-state index contributed by atoms with van der Waals surface area (Å²) in [7, 11) is 0. The first-order valence-corrected chi connectivity index (χ1v) is 4.55. The Morgan fingerprint density at radius 2 is 2.25 bits per heavy atom. The van der Waals surface area contributed by atoms with E-state index in [1.165, 1.54) is 0 Å². The molecule has 66 valence electrons. The van der Waals surface area contributed by atoms with Crippen molar-refractivity contribution in [3.63, 3.8) is 0 Å². The largest absolute Gasteiger partial charge is 0.489 e. The summed E-state index contributed by atoms with van der Waals surface area (Å²) in [5, 5.41) is 0.484. The van der Waals surface area contributed by atoms with Gasteiger partial charge in [-0.3, -0.25) is 0 Å². The highest BCUT2D eigenvalue weighted by atomic mass is 79.9. The molecule has 0 aliphatic heterocycles. The number of halogens is 3. The van der Waals surface area contributed by atoms with Crippen molar-refractivity contribution in [3.05, 3.63) is 27.7 Å². The lowest BCUT2D eigenvalue weighted by Gasteiger charge is -2.05. The standard InChI is InChI=1S/C8H7BrClFO/c9-6-1-2-8(7(10)5-6)12-4-3-11/h1-2,5H,3-4H2. The lowest BCUT2D eigenvalue weighted by Crippen LogP contribution is -1.98. The highest BCUT2D eigenvalue weighted by Crippen LogP contribution is 2.27. The fourth-order valence-corrected chi connectivity index (χ4v) is 1.47. The van der Waals surface area contributed by atoms with E-state index in [1.54, 1.807) is 18.2 Å². The van der Waals surface area contributed by atoms with Crippen LogP contribution in [0, 0.1) is 0 Å². The number of benzene rings is 1. The van der Waals surface area contributed by atoms with Crippen LogP contribution in [0.5, 0.6) is 5.75 Å². The molecule has 0 radical (unpaired) electrons. The van der Waals surface area contributed by atoms with Gasteiger partial charge in [0.15, 0.2) is 0 Å². The predicted molar refractivity (Wildman–Crippen MR) is 50.6 cm³/mol. The Morgan fingerprint density at radius 3 is 2.83 bits per heavy atom. The van der Waals surface area contributed by atoms with Crippen LogP contribution in [0.4, 0.5) is 4.39 Å². The maximum atomic E-state index is 11.7. The van der Waals surface area contributed by atoms with Crippen molar-refractivity contribution in [1.29, 1.82) is 0 Å². The van der Waals surface area contributed by atoms with E-state index < -0.39 is 6.67 Å². The summed E-state index contributed by atoms with van der Waals surface area (Å²) in [4.78, 5) is 0. The van der Waals surface area contributed by atoms with Gasteiger partial charge < -0.3 is 4.74 Å². The first-order chi connectivity index (χ1) is 5.74.